The van der Waals surface area contributed by atoms with E-state index in [0.29, 0.717) is 12.3 Å². The van der Waals surface area contributed by atoms with Crippen LogP contribution in [0.1, 0.15) is 33.6 Å². The van der Waals surface area contributed by atoms with Gasteiger partial charge in [0.15, 0.2) is 0 Å². The predicted molar refractivity (Wildman–Crippen MR) is 58.3 cm³/mol. The van der Waals surface area contributed by atoms with Crippen LogP contribution < -0.4 is 5.32 Å². The van der Waals surface area contributed by atoms with E-state index in [2.05, 4.69) is 19.2 Å². The minimum atomic E-state index is -0.0255. The largest absolute Gasteiger partial charge is 0.347 e. The fourth-order valence-corrected chi connectivity index (χ4v) is 1.72. The molecule has 0 saturated carbocycles. The molecule has 1 heterocycles. The second kappa shape index (κ2) is 5.14. The van der Waals surface area contributed by atoms with Gasteiger partial charge < -0.3 is 10.2 Å². The zero-order valence-electron chi connectivity index (χ0n) is 9.75. The molecule has 0 bridgehead atoms. The summed E-state index contributed by atoms with van der Waals surface area (Å²) in [7, 11) is 0. The summed E-state index contributed by atoms with van der Waals surface area (Å²) in [5.41, 5.74) is 0. The first-order valence-electron chi connectivity index (χ1n) is 5.60. The molecule has 2 amide bonds. The van der Waals surface area contributed by atoms with Crippen LogP contribution in [0, 0.1) is 5.92 Å². The monoisotopic (exact) mass is 212 g/mol. The van der Waals surface area contributed by atoms with Crippen LogP contribution in [0.25, 0.3) is 0 Å². The smallest absolute Gasteiger partial charge is 0.242 e. The van der Waals surface area contributed by atoms with Gasteiger partial charge in [-0.05, 0) is 12.8 Å². The maximum absolute atomic E-state index is 11.7. The van der Waals surface area contributed by atoms with Crippen molar-refractivity contribution in [2.24, 2.45) is 5.92 Å². The molecule has 1 fully saturated rings. The number of hydrogen-bond acceptors (Lipinski definition) is 2. The Balaban J connectivity index is 2.66. The molecular weight excluding hydrogens is 192 g/mol. The molecule has 2 unspecified atom stereocenters. The molecule has 0 aromatic heterocycles. The second-order valence-electron chi connectivity index (χ2n) is 4.39. The Morgan fingerprint density at radius 3 is 2.80 bits per heavy atom. The van der Waals surface area contributed by atoms with Crippen molar-refractivity contribution in [3.05, 3.63) is 0 Å². The summed E-state index contributed by atoms with van der Waals surface area (Å²) in [5.74, 6) is 0.501. The Hall–Kier alpha value is -1.06. The number of nitrogens with zero attached hydrogens (tertiary/aromatic N) is 1. The van der Waals surface area contributed by atoms with Crippen molar-refractivity contribution >= 4 is 11.8 Å². The van der Waals surface area contributed by atoms with E-state index in [1.807, 2.05) is 11.8 Å². The molecule has 1 rings (SSSR count). The third-order valence-corrected chi connectivity index (χ3v) is 2.98. The molecule has 1 saturated heterocycles. The molecule has 1 N–H and O–H groups in total. The lowest BCUT2D eigenvalue weighted by molar-refractivity contribution is -0.132. The minimum absolute atomic E-state index is 0.0222. The summed E-state index contributed by atoms with van der Waals surface area (Å²) >= 11 is 0. The van der Waals surface area contributed by atoms with Crippen LogP contribution in [0.2, 0.25) is 0 Å². The van der Waals surface area contributed by atoms with Crippen molar-refractivity contribution in [3.8, 4) is 0 Å². The molecule has 0 aromatic carbocycles. The topological polar surface area (TPSA) is 49.4 Å². The van der Waals surface area contributed by atoms with E-state index in [-0.39, 0.29) is 24.4 Å². The molecule has 0 aliphatic carbocycles. The highest BCUT2D eigenvalue weighted by Crippen LogP contribution is 2.12. The van der Waals surface area contributed by atoms with Crippen LogP contribution in [0.5, 0.6) is 0 Å². The van der Waals surface area contributed by atoms with Gasteiger partial charge in [0.25, 0.3) is 0 Å². The summed E-state index contributed by atoms with van der Waals surface area (Å²) in [6.07, 6.45) is 1.47. The van der Waals surface area contributed by atoms with Gasteiger partial charge in [-0.3, -0.25) is 9.59 Å². The molecule has 4 nitrogen and oxygen atoms in total. The van der Waals surface area contributed by atoms with Crippen LogP contribution in [0.15, 0.2) is 0 Å². The van der Waals surface area contributed by atoms with Crippen molar-refractivity contribution in [2.45, 2.75) is 39.7 Å². The highest BCUT2D eigenvalue weighted by molar-refractivity contribution is 5.87. The first kappa shape index (κ1) is 12.0. The summed E-state index contributed by atoms with van der Waals surface area (Å²) in [5, 5.41) is 2.62. The van der Waals surface area contributed by atoms with E-state index in [4.69, 9.17) is 0 Å². The molecule has 15 heavy (non-hydrogen) atoms. The summed E-state index contributed by atoms with van der Waals surface area (Å²) < 4.78 is 0. The van der Waals surface area contributed by atoms with E-state index in [1.165, 1.54) is 0 Å². The first-order chi connectivity index (χ1) is 7.04. The lowest BCUT2D eigenvalue weighted by atomic mass is 10.1. The van der Waals surface area contributed by atoms with Gasteiger partial charge in [-0.15, -0.1) is 0 Å². The van der Waals surface area contributed by atoms with Crippen LogP contribution in [-0.4, -0.2) is 35.8 Å². The Labute approximate surface area is 91.0 Å². The molecule has 2 atom stereocenters. The predicted octanol–water partition coefficient (Wildman–Crippen LogP) is 0.770. The number of nitrogens with one attached hydrogen (secondary N) is 1. The average molecular weight is 212 g/mol. The SMILES string of the molecule is CCC(C)CN1C(=O)CNC(=O)CC1C. The van der Waals surface area contributed by atoms with Crippen molar-refractivity contribution in [3.63, 3.8) is 0 Å². The lowest BCUT2D eigenvalue weighted by Gasteiger charge is -2.28. The average Bonchev–Trinajstić information content (AvgIpc) is 2.31. The van der Waals surface area contributed by atoms with E-state index in [9.17, 15) is 9.59 Å². The summed E-state index contributed by atoms with van der Waals surface area (Å²) in [6, 6.07) is 0.0222. The highest BCUT2D eigenvalue weighted by Gasteiger charge is 2.26. The van der Waals surface area contributed by atoms with Gasteiger partial charge in [-0.1, -0.05) is 20.3 Å². The molecule has 86 valence electrons. The fraction of sp³-hybridized carbons (Fsp3) is 0.818. The molecular formula is C11H20N2O2. The number of rotatable bonds is 3. The van der Waals surface area contributed by atoms with Gasteiger partial charge in [-0.2, -0.15) is 0 Å². The van der Waals surface area contributed by atoms with Gasteiger partial charge in [0.2, 0.25) is 11.8 Å². The van der Waals surface area contributed by atoms with Crippen molar-refractivity contribution in [1.29, 1.82) is 0 Å². The zero-order valence-corrected chi connectivity index (χ0v) is 9.75. The van der Waals surface area contributed by atoms with Gasteiger partial charge in [-0.25, -0.2) is 0 Å². The second-order valence-corrected chi connectivity index (χ2v) is 4.39. The molecule has 1 aliphatic heterocycles. The Kier molecular flexibility index (Phi) is 4.12. The van der Waals surface area contributed by atoms with Gasteiger partial charge >= 0.3 is 0 Å². The zero-order chi connectivity index (χ0) is 11.4. The van der Waals surface area contributed by atoms with Crippen molar-refractivity contribution < 1.29 is 9.59 Å². The van der Waals surface area contributed by atoms with E-state index < -0.39 is 0 Å². The van der Waals surface area contributed by atoms with Crippen LogP contribution in [0.3, 0.4) is 0 Å². The number of amides is 2. The van der Waals surface area contributed by atoms with E-state index >= 15 is 0 Å². The van der Waals surface area contributed by atoms with Crippen molar-refractivity contribution in [2.75, 3.05) is 13.1 Å². The van der Waals surface area contributed by atoms with E-state index in [1.54, 1.807) is 0 Å². The summed E-state index contributed by atoms with van der Waals surface area (Å²) in [6.45, 7) is 7.08. The fourth-order valence-electron chi connectivity index (χ4n) is 1.72. The lowest BCUT2D eigenvalue weighted by Crippen LogP contribution is -2.42. The van der Waals surface area contributed by atoms with Crippen LogP contribution in [-0.2, 0) is 9.59 Å². The van der Waals surface area contributed by atoms with Crippen molar-refractivity contribution in [1.82, 2.24) is 10.2 Å². The molecule has 0 aromatic rings. The third-order valence-electron chi connectivity index (χ3n) is 2.98. The van der Waals surface area contributed by atoms with Gasteiger partial charge in [0, 0.05) is 19.0 Å². The third kappa shape index (κ3) is 3.22. The van der Waals surface area contributed by atoms with E-state index in [0.717, 1.165) is 13.0 Å². The Morgan fingerprint density at radius 1 is 1.53 bits per heavy atom. The molecule has 4 heteroatoms. The minimum Gasteiger partial charge on any atom is -0.347 e. The van der Waals surface area contributed by atoms with Crippen LogP contribution in [0.4, 0.5) is 0 Å². The Bertz CT molecular complexity index is 253. The molecule has 0 radical (unpaired) electrons. The molecule has 0 spiro atoms. The van der Waals surface area contributed by atoms with Gasteiger partial charge in [0.1, 0.15) is 0 Å². The highest BCUT2D eigenvalue weighted by atomic mass is 16.2. The normalized spacial score (nSPS) is 24.7. The molecule has 1 aliphatic rings. The number of hydrogen-bond donors (Lipinski definition) is 1. The summed E-state index contributed by atoms with van der Waals surface area (Å²) in [4.78, 5) is 24.8. The maximum Gasteiger partial charge on any atom is 0.242 e. The van der Waals surface area contributed by atoms with Crippen LogP contribution >= 0.6 is 0 Å². The number of carbonyl (C=O) groups excluding carboxylic acids is 2. The standard InChI is InChI=1S/C11H20N2O2/c1-4-8(2)7-13-9(3)5-10(14)12-6-11(13)15/h8-9H,4-7H2,1-3H3,(H,12,14). The maximum atomic E-state index is 11.7. The Morgan fingerprint density at radius 2 is 2.20 bits per heavy atom. The van der Waals surface area contributed by atoms with Gasteiger partial charge in [0.05, 0.1) is 6.54 Å². The quantitative estimate of drug-likeness (QED) is 0.751. The first-order valence-corrected chi connectivity index (χ1v) is 5.60. The number of carbonyl (C=O) groups is 2.